The van der Waals surface area contributed by atoms with Crippen molar-refractivity contribution in [2.45, 2.75) is 20.5 Å². The van der Waals surface area contributed by atoms with Gasteiger partial charge in [0, 0.05) is 5.69 Å². The molecule has 0 aliphatic heterocycles. The summed E-state index contributed by atoms with van der Waals surface area (Å²) in [5.41, 5.74) is 4.17. The maximum absolute atomic E-state index is 12.7. The van der Waals surface area contributed by atoms with Crippen LogP contribution in [0.25, 0.3) is 6.08 Å². The molecule has 5 nitrogen and oxygen atoms in total. The molecule has 1 N–H and O–H groups in total. The maximum atomic E-state index is 12.7. The Morgan fingerprint density at radius 1 is 1.09 bits per heavy atom. The number of ether oxygens (including phenoxy) is 2. The highest BCUT2D eigenvalue weighted by atomic mass is 79.9. The lowest BCUT2D eigenvalue weighted by Crippen LogP contribution is -2.13. The van der Waals surface area contributed by atoms with E-state index in [9.17, 15) is 10.1 Å². The summed E-state index contributed by atoms with van der Waals surface area (Å²) in [5, 5.41) is 13.2. The van der Waals surface area contributed by atoms with E-state index in [1.54, 1.807) is 30.3 Å². The van der Waals surface area contributed by atoms with E-state index in [1.165, 1.54) is 13.2 Å². The summed E-state index contributed by atoms with van der Waals surface area (Å²) in [6.07, 6.45) is 1.49. The molecule has 0 spiro atoms. The predicted molar refractivity (Wildman–Crippen MR) is 140 cm³/mol. The molecule has 0 saturated heterocycles. The van der Waals surface area contributed by atoms with Gasteiger partial charge in [0.05, 0.1) is 21.6 Å². The van der Waals surface area contributed by atoms with Gasteiger partial charge >= 0.3 is 0 Å². The number of benzene rings is 3. The van der Waals surface area contributed by atoms with Gasteiger partial charge in [0.1, 0.15) is 18.2 Å². The van der Waals surface area contributed by atoms with E-state index >= 15 is 0 Å². The Labute approximate surface area is 217 Å². The Kier molecular flexibility index (Phi) is 8.62. The van der Waals surface area contributed by atoms with E-state index in [4.69, 9.17) is 32.7 Å². The van der Waals surface area contributed by atoms with Crippen LogP contribution in [0.15, 0.2) is 58.6 Å². The second-order valence-electron chi connectivity index (χ2n) is 7.49. The Hall–Kier alpha value is -2.98. The summed E-state index contributed by atoms with van der Waals surface area (Å²) in [6, 6.07) is 16.2. The standard InChI is InChI=1S/C26H21BrCl2N2O3/c1-15-4-6-20(8-16(15)2)31-26(32)19(13-30)9-18-10-21(27)25(24(12-18)33-3)34-14-17-5-7-22(28)23(29)11-17/h4-12H,14H2,1-3H3,(H,31,32)/b19-9+. The molecule has 8 heteroatoms. The van der Waals surface area contributed by atoms with Crippen LogP contribution in [0, 0.1) is 25.2 Å². The van der Waals surface area contributed by atoms with Gasteiger partial charge < -0.3 is 14.8 Å². The molecule has 34 heavy (non-hydrogen) atoms. The van der Waals surface area contributed by atoms with Crippen LogP contribution >= 0.6 is 39.1 Å². The summed E-state index contributed by atoms with van der Waals surface area (Å²) in [7, 11) is 1.51. The third-order valence-corrected chi connectivity index (χ3v) is 6.39. The number of nitrogens with one attached hydrogen (secondary N) is 1. The fraction of sp³-hybridized carbons (Fsp3) is 0.154. The highest BCUT2D eigenvalue weighted by molar-refractivity contribution is 9.10. The largest absolute Gasteiger partial charge is 0.493 e. The summed E-state index contributed by atoms with van der Waals surface area (Å²) in [4.78, 5) is 12.7. The van der Waals surface area contributed by atoms with Gasteiger partial charge in [0.25, 0.3) is 5.91 Å². The number of methoxy groups -OCH3 is 1. The van der Waals surface area contributed by atoms with Crippen LogP contribution in [0.2, 0.25) is 10.0 Å². The predicted octanol–water partition coefficient (Wildman–Crippen LogP) is 7.51. The molecule has 0 radical (unpaired) electrons. The molecule has 0 aliphatic rings. The van der Waals surface area contributed by atoms with E-state index in [1.807, 2.05) is 38.1 Å². The van der Waals surface area contributed by atoms with Crippen molar-refractivity contribution in [2.75, 3.05) is 12.4 Å². The minimum atomic E-state index is -0.499. The molecule has 3 aromatic rings. The Morgan fingerprint density at radius 3 is 2.50 bits per heavy atom. The summed E-state index contributed by atoms with van der Waals surface area (Å²) >= 11 is 15.5. The molecule has 0 unspecified atom stereocenters. The number of hydrogen-bond donors (Lipinski definition) is 1. The van der Waals surface area contributed by atoms with Gasteiger partial charge in [-0.25, -0.2) is 0 Å². The lowest BCUT2D eigenvalue weighted by molar-refractivity contribution is -0.112. The average Bonchev–Trinajstić information content (AvgIpc) is 2.80. The van der Waals surface area contributed by atoms with E-state index in [0.717, 1.165) is 16.7 Å². The molecule has 0 aromatic heterocycles. The van der Waals surface area contributed by atoms with Gasteiger partial charge in [-0.3, -0.25) is 4.79 Å². The molecule has 0 saturated carbocycles. The average molecular weight is 560 g/mol. The quantitative estimate of drug-likeness (QED) is 0.240. The molecule has 3 rings (SSSR count). The number of hydrogen-bond acceptors (Lipinski definition) is 4. The number of carbonyl (C=O) groups excluding carboxylic acids is 1. The number of aryl methyl sites for hydroxylation is 2. The van der Waals surface area contributed by atoms with Crippen molar-refractivity contribution in [1.82, 2.24) is 0 Å². The summed E-state index contributed by atoms with van der Waals surface area (Å²) in [5.74, 6) is 0.414. The monoisotopic (exact) mass is 558 g/mol. The van der Waals surface area contributed by atoms with Gasteiger partial charge in [-0.15, -0.1) is 0 Å². The molecular formula is C26H21BrCl2N2O3. The number of amides is 1. The van der Waals surface area contributed by atoms with Crippen molar-refractivity contribution >= 4 is 56.8 Å². The molecule has 174 valence electrons. The summed E-state index contributed by atoms with van der Waals surface area (Å²) in [6.45, 7) is 4.19. The normalized spacial score (nSPS) is 11.0. The zero-order valence-electron chi connectivity index (χ0n) is 18.7. The Balaban J connectivity index is 1.82. The van der Waals surface area contributed by atoms with Crippen LogP contribution in [0.1, 0.15) is 22.3 Å². The summed E-state index contributed by atoms with van der Waals surface area (Å²) < 4.78 is 12.0. The van der Waals surface area contributed by atoms with Crippen molar-refractivity contribution < 1.29 is 14.3 Å². The van der Waals surface area contributed by atoms with E-state index in [0.29, 0.717) is 37.3 Å². The molecule has 3 aromatic carbocycles. The first-order valence-electron chi connectivity index (χ1n) is 10.2. The van der Waals surface area contributed by atoms with Crippen LogP contribution in [-0.4, -0.2) is 13.0 Å². The van der Waals surface area contributed by atoms with E-state index < -0.39 is 5.91 Å². The number of nitriles is 1. The molecule has 0 heterocycles. The zero-order chi connectivity index (χ0) is 24.8. The molecular weight excluding hydrogens is 539 g/mol. The minimum absolute atomic E-state index is 0.0448. The SMILES string of the molecule is COc1cc(/C=C(\C#N)C(=O)Nc2ccc(C)c(C)c2)cc(Br)c1OCc1ccc(Cl)c(Cl)c1. The van der Waals surface area contributed by atoms with Crippen molar-refractivity contribution in [3.05, 3.63) is 90.9 Å². The number of carbonyl (C=O) groups is 1. The molecule has 0 aliphatic carbocycles. The number of halogens is 3. The molecule has 0 bridgehead atoms. The molecule has 0 fully saturated rings. The fourth-order valence-corrected chi connectivity index (χ4v) is 3.98. The first kappa shape index (κ1) is 25.6. The highest BCUT2D eigenvalue weighted by Gasteiger charge is 2.15. The molecule has 1 amide bonds. The van der Waals surface area contributed by atoms with Crippen LogP contribution < -0.4 is 14.8 Å². The van der Waals surface area contributed by atoms with Crippen molar-refractivity contribution in [2.24, 2.45) is 0 Å². The van der Waals surface area contributed by atoms with Crippen molar-refractivity contribution in [3.8, 4) is 17.6 Å². The number of nitrogens with zero attached hydrogens (tertiary/aromatic N) is 1. The third kappa shape index (κ3) is 6.32. The van der Waals surface area contributed by atoms with Crippen LogP contribution in [0.4, 0.5) is 5.69 Å². The number of rotatable bonds is 7. The smallest absolute Gasteiger partial charge is 0.266 e. The van der Waals surface area contributed by atoms with Gasteiger partial charge in [-0.2, -0.15) is 5.26 Å². The van der Waals surface area contributed by atoms with E-state index in [2.05, 4.69) is 21.2 Å². The van der Waals surface area contributed by atoms with Crippen LogP contribution in [-0.2, 0) is 11.4 Å². The molecule has 0 atom stereocenters. The fourth-order valence-electron chi connectivity index (χ4n) is 3.08. The maximum Gasteiger partial charge on any atom is 0.266 e. The van der Waals surface area contributed by atoms with E-state index in [-0.39, 0.29) is 12.2 Å². The number of anilines is 1. The van der Waals surface area contributed by atoms with Gasteiger partial charge in [-0.05, 0) is 94.5 Å². The second-order valence-corrected chi connectivity index (χ2v) is 9.16. The topological polar surface area (TPSA) is 71.3 Å². The van der Waals surface area contributed by atoms with Gasteiger partial charge in [-0.1, -0.05) is 35.3 Å². The van der Waals surface area contributed by atoms with Gasteiger partial charge in [0.2, 0.25) is 0 Å². The van der Waals surface area contributed by atoms with Crippen LogP contribution in [0.3, 0.4) is 0 Å². The zero-order valence-corrected chi connectivity index (χ0v) is 21.8. The first-order chi connectivity index (χ1) is 16.2. The minimum Gasteiger partial charge on any atom is -0.493 e. The van der Waals surface area contributed by atoms with Crippen LogP contribution in [0.5, 0.6) is 11.5 Å². The van der Waals surface area contributed by atoms with Crippen molar-refractivity contribution in [1.29, 1.82) is 5.26 Å². The van der Waals surface area contributed by atoms with Gasteiger partial charge in [0.15, 0.2) is 11.5 Å². The lowest BCUT2D eigenvalue weighted by Gasteiger charge is -2.14. The highest BCUT2D eigenvalue weighted by Crippen LogP contribution is 2.38. The second kappa shape index (κ2) is 11.4. The van der Waals surface area contributed by atoms with Crippen molar-refractivity contribution in [3.63, 3.8) is 0 Å². The Bertz CT molecular complexity index is 1320. The third-order valence-electron chi connectivity index (χ3n) is 5.06. The first-order valence-corrected chi connectivity index (χ1v) is 11.7. The Morgan fingerprint density at radius 2 is 1.85 bits per heavy atom. The lowest BCUT2D eigenvalue weighted by atomic mass is 10.1.